The number of rotatable bonds is 8. The quantitative estimate of drug-likeness (QED) is 0.486. The Kier molecular flexibility index (Phi) is 6.92. The number of nitrogens with zero attached hydrogens (tertiary/aromatic N) is 2. The second-order valence-corrected chi connectivity index (χ2v) is 9.57. The average molecular weight is 442 g/mol. The summed E-state index contributed by atoms with van der Waals surface area (Å²) in [5, 5.41) is 9.34. The largest absolute Gasteiger partial charge is 0.361 e. The molecule has 1 fully saturated rings. The lowest BCUT2D eigenvalue weighted by molar-refractivity contribution is 0.0935. The fourth-order valence-electron chi connectivity index (χ4n) is 3.87. The predicted octanol–water partition coefficient (Wildman–Crippen LogP) is 5.21. The summed E-state index contributed by atoms with van der Waals surface area (Å²) in [5.74, 6) is 1.56. The van der Waals surface area contributed by atoms with Crippen molar-refractivity contribution in [3.63, 3.8) is 0 Å². The Balaban J connectivity index is 1.44. The lowest BCUT2D eigenvalue weighted by atomic mass is 10.1. The summed E-state index contributed by atoms with van der Waals surface area (Å²) in [7, 11) is 0. The van der Waals surface area contributed by atoms with Gasteiger partial charge in [0.15, 0.2) is 0 Å². The number of amides is 1. The van der Waals surface area contributed by atoms with Gasteiger partial charge in [-0.1, -0.05) is 23.4 Å². The third-order valence-corrected chi connectivity index (χ3v) is 7.67. The van der Waals surface area contributed by atoms with Gasteiger partial charge < -0.3 is 9.84 Å². The summed E-state index contributed by atoms with van der Waals surface area (Å²) in [6, 6.07) is 12.3. The minimum atomic E-state index is -0.0161. The van der Waals surface area contributed by atoms with Crippen LogP contribution in [0.15, 0.2) is 51.2 Å². The van der Waals surface area contributed by atoms with Crippen molar-refractivity contribution in [3.8, 4) is 0 Å². The van der Waals surface area contributed by atoms with Crippen LogP contribution in [0.25, 0.3) is 0 Å². The standard InChI is InChI=1S/C23H27N3O2S2/c1-16-19(17(2)28-25-16)15-30-21-9-4-3-8-18(21)23(27)24-14-20(22-10-7-13-29-22)26-11-5-6-12-26/h3-4,7-10,13,20H,5-6,11-12,14-15H2,1-2H3,(H,24,27). The van der Waals surface area contributed by atoms with Crippen LogP contribution in [0.3, 0.4) is 0 Å². The minimum absolute atomic E-state index is 0.0161. The summed E-state index contributed by atoms with van der Waals surface area (Å²) in [6.07, 6.45) is 2.47. The zero-order valence-corrected chi connectivity index (χ0v) is 19.0. The number of carbonyl (C=O) groups is 1. The van der Waals surface area contributed by atoms with Crippen molar-refractivity contribution in [1.82, 2.24) is 15.4 Å². The van der Waals surface area contributed by atoms with E-state index in [0.29, 0.717) is 6.54 Å². The van der Waals surface area contributed by atoms with E-state index in [1.807, 2.05) is 38.1 Å². The fourth-order valence-corrected chi connectivity index (χ4v) is 5.93. The summed E-state index contributed by atoms with van der Waals surface area (Å²) < 4.78 is 5.26. The molecule has 5 nitrogen and oxygen atoms in total. The molecule has 30 heavy (non-hydrogen) atoms. The Morgan fingerprint density at radius 3 is 2.73 bits per heavy atom. The molecule has 1 unspecified atom stereocenters. The van der Waals surface area contributed by atoms with Crippen molar-refractivity contribution >= 4 is 29.0 Å². The van der Waals surface area contributed by atoms with Crippen LogP contribution < -0.4 is 5.32 Å². The Bertz CT molecular complexity index is 959. The molecule has 0 radical (unpaired) electrons. The maximum absolute atomic E-state index is 13.1. The molecule has 1 aromatic carbocycles. The van der Waals surface area contributed by atoms with Crippen LogP contribution in [0.4, 0.5) is 0 Å². The second kappa shape index (κ2) is 9.81. The van der Waals surface area contributed by atoms with E-state index in [9.17, 15) is 4.79 Å². The number of carbonyl (C=O) groups excluding carboxylic acids is 1. The molecular formula is C23H27N3O2S2. The van der Waals surface area contributed by atoms with Crippen molar-refractivity contribution in [3.05, 3.63) is 69.2 Å². The second-order valence-electron chi connectivity index (χ2n) is 7.57. The fraction of sp³-hybridized carbons (Fsp3) is 0.391. The van der Waals surface area contributed by atoms with Gasteiger partial charge >= 0.3 is 0 Å². The van der Waals surface area contributed by atoms with Crippen molar-refractivity contribution in [2.45, 2.75) is 43.4 Å². The Labute approximate surface area is 185 Å². The zero-order chi connectivity index (χ0) is 20.9. The van der Waals surface area contributed by atoms with E-state index in [1.165, 1.54) is 17.7 Å². The van der Waals surface area contributed by atoms with E-state index in [2.05, 4.69) is 32.9 Å². The summed E-state index contributed by atoms with van der Waals surface area (Å²) in [4.78, 5) is 17.9. The highest BCUT2D eigenvalue weighted by Crippen LogP contribution is 2.30. The van der Waals surface area contributed by atoms with Crippen LogP contribution in [-0.4, -0.2) is 35.6 Å². The highest BCUT2D eigenvalue weighted by Gasteiger charge is 2.25. The van der Waals surface area contributed by atoms with E-state index in [0.717, 1.165) is 46.3 Å². The van der Waals surface area contributed by atoms with E-state index in [-0.39, 0.29) is 11.9 Å². The van der Waals surface area contributed by atoms with E-state index < -0.39 is 0 Å². The van der Waals surface area contributed by atoms with E-state index in [4.69, 9.17) is 4.52 Å². The molecule has 0 aliphatic carbocycles. The van der Waals surface area contributed by atoms with Crippen LogP contribution in [0.5, 0.6) is 0 Å². The zero-order valence-electron chi connectivity index (χ0n) is 17.4. The Morgan fingerprint density at radius 2 is 2.03 bits per heavy atom. The van der Waals surface area contributed by atoms with Crippen LogP contribution >= 0.6 is 23.1 Å². The van der Waals surface area contributed by atoms with Crippen LogP contribution in [0.2, 0.25) is 0 Å². The topological polar surface area (TPSA) is 58.4 Å². The highest BCUT2D eigenvalue weighted by molar-refractivity contribution is 7.98. The smallest absolute Gasteiger partial charge is 0.252 e. The molecule has 1 saturated heterocycles. The van der Waals surface area contributed by atoms with E-state index >= 15 is 0 Å². The molecule has 1 atom stereocenters. The molecule has 3 aromatic rings. The molecule has 0 saturated carbocycles. The molecule has 7 heteroatoms. The van der Waals surface area contributed by atoms with Gasteiger partial charge in [-0.2, -0.15) is 0 Å². The van der Waals surface area contributed by atoms with Gasteiger partial charge in [-0.3, -0.25) is 9.69 Å². The molecular weight excluding hydrogens is 414 g/mol. The third-order valence-electron chi connectivity index (χ3n) is 5.59. The molecule has 1 aliphatic heterocycles. The molecule has 4 rings (SSSR count). The van der Waals surface area contributed by atoms with Crippen molar-refractivity contribution in [2.24, 2.45) is 0 Å². The summed E-state index contributed by atoms with van der Waals surface area (Å²) >= 11 is 3.42. The molecule has 158 valence electrons. The van der Waals surface area contributed by atoms with Gasteiger partial charge in [-0.05, 0) is 63.4 Å². The number of hydrogen-bond donors (Lipinski definition) is 1. The molecule has 1 aliphatic rings. The van der Waals surface area contributed by atoms with Gasteiger partial charge in [0, 0.05) is 27.6 Å². The molecule has 1 N–H and O–H groups in total. The molecule has 1 amide bonds. The first kappa shape index (κ1) is 21.2. The van der Waals surface area contributed by atoms with Gasteiger partial charge in [0.05, 0.1) is 17.3 Å². The number of aryl methyl sites for hydroxylation is 2. The van der Waals surface area contributed by atoms with E-state index in [1.54, 1.807) is 23.1 Å². The molecule has 3 heterocycles. The number of nitrogens with one attached hydrogen (secondary N) is 1. The summed E-state index contributed by atoms with van der Waals surface area (Å²) in [6.45, 7) is 6.71. The number of thiophene rings is 1. The number of aromatic nitrogens is 1. The maximum Gasteiger partial charge on any atom is 0.252 e. The van der Waals surface area contributed by atoms with Crippen molar-refractivity contribution < 1.29 is 9.32 Å². The van der Waals surface area contributed by atoms with Gasteiger partial charge in [0.25, 0.3) is 5.91 Å². The monoisotopic (exact) mass is 441 g/mol. The summed E-state index contributed by atoms with van der Waals surface area (Å²) in [5.41, 5.74) is 2.73. The average Bonchev–Trinajstić information content (AvgIpc) is 3.52. The molecule has 0 bridgehead atoms. The van der Waals surface area contributed by atoms with Crippen LogP contribution in [0, 0.1) is 13.8 Å². The number of hydrogen-bond acceptors (Lipinski definition) is 6. The number of benzene rings is 1. The van der Waals surface area contributed by atoms with Gasteiger partial charge in [-0.25, -0.2) is 0 Å². The van der Waals surface area contributed by atoms with Crippen molar-refractivity contribution in [1.29, 1.82) is 0 Å². The first-order valence-electron chi connectivity index (χ1n) is 10.3. The maximum atomic E-state index is 13.1. The number of thioether (sulfide) groups is 1. The first-order chi connectivity index (χ1) is 14.6. The normalized spacial score (nSPS) is 15.4. The van der Waals surface area contributed by atoms with Crippen molar-refractivity contribution in [2.75, 3.05) is 19.6 Å². The van der Waals surface area contributed by atoms with Gasteiger partial charge in [0.2, 0.25) is 0 Å². The van der Waals surface area contributed by atoms with Gasteiger partial charge in [0.1, 0.15) is 5.76 Å². The lowest BCUT2D eigenvalue weighted by Gasteiger charge is -2.27. The Morgan fingerprint density at radius 1 is 1.23 bits per heavy atom. The van der Waals surface area contributed by atoms with Crippen LogP contribution in [0.1, 0.15) is 51.1 Å². The molecule has 0 spiro atoms. The highest BCUT2D eigenvalue weighted by atomic mass is 32.2. The first-order valence-corrected chi connectivity index (χ1v) is 12.2. The van der Waals surface area contributed by atoms with Gasteiger partial charge in [-0.15, -0.1) is 23.1 Å². The molecule has 2 aromatic heterocycles. The van der Waals surface area contributed by atoms with Crippen LogP contribution in [-0.2, 0) is 5.75 Å². The lowest BCUT2D eigenvalue weighted by Crippen LogP contribution is -2.36. The third kappa shape index (κ3) is 4.79. The predicted molar refractivity (Wildman–Crippen MR) is 122 cm³/mol. The SMILES string of the molecule is Cc1noc(C)c1CSc1ccccc1C(=O)NCC(c1cccs1)N1CCCC1. The Hall–Kier alpha value is -2.09. The minimum Gasteiger partial charge on any atom is -0.361 e. The number of likely N-dealkylation sites (tertiary alicyclic amines) is 1.